The molecule has 2 aliphatic carbocycles. The second-order valence-corrected chi connectivity index (χ2v) is 9.85. The Morgan fingerprint density at radius 2 is 1.97 bits per heavy atom. The van der Waals surface area contributed by atoms with Crippen LogP contribution in [0.3, 0.4) is 0 Å². The van der Waals surface area contributed by atoms with Gasteiger partial charge in [-0.3, -0.25) is 9.69 Å². The second kappa shape index (κ2) is 7.28. The van der Waals surface area contributed by atoms with Gasteiger partial charge in [0.1, 0.15) is 5.75 Å². The molecule has 1 saturated carbocycles. The van der Waals surface area contributed by atoms with E-state index in [1.54, 1.807) is 7.11 Å². The van der Waals surface area contributed by atoms with Crippen LogP contribution in [0, 0.1) is 5.92 Å². The highest BCUT2D eigenvalue weighted by molar-refractivity contribution is 5.96. The second-order valence-electron chi connectivity index (χ2n) is 9.85. The van der Waals surface area contributed by atoms with Crippen molar-refractivity contribution in [1.82, 2.24) is 9.80 Å². The number of likely N-dealkylation sites (N-methyl/N-ethyl adjacent to an activating group) is 2. The van der Waals surface area contributed by atoms with Gasteiger partial charge in [-0.25, -0.2) is 0 Å². The first-order valence-corrected chi connectivity index (χ1v) is 11.5. The molecule has 5 rings (SSSR count). The molecule has 0 aromatic heterocycles. The van der Waals surface area contributed by atoms with Crippen molar-refractivity contribution in [2.24, 2.45) is 5.92 Å². The van der Waals surface area contributed by atoms with Crippen molar-refractivity contribution in [2.75, 3.05) is 39.6 Å². The van der Waals surface area contributed by atoms with Crippen molar-refractivity contribution in [3.63, 3.8) is 0 Å². The number of anilines is 1. The smallest absolute Gasteiger partial charge is 0.241 e. The molecule has 2 heterocycles. The first-order valence-electron chi connectivity index (χ1n) is 11.5. The zero-order valence-electron chi connectivity index (χ0n) is 18.2. The quantitative estimate of drug-likeness (QED) is 0.849. The van der Waals surface area contributed by atoms with E-state index in [0.29, 0.717) is 11.5 Å². The van der Waals surface area contributed by atoms with E-state index in [-0.39, 0.29) is 11.9 Å². The van der Waals surface area contributed by atoms with E-state index in [0.717, 1.165) is 43.2 Å². The molecular formula is C24H35N3O2. The average Bonchev–Trinajstić information content (AvgIpc) is 3.16. The van der Waals surface area contributed by atoms with Crippen LogP contribution in [-0.4, -0.2) is 62.1 Å². The van der Waals surface area contributed by atoms with Crippen LogP contribution in [0.5, 0.6) is 5.75 Å². The Labute approximate surface area is 174 Å². The van der Waals surface area contributed by atoms with Crippen molar-refractivity contribution < 1.29 is 9.53 Å². The van der Waals surface area contributed by atoms with Crippen LogP contribution >= 0.6 is 0 Å². The maximum Gasteiger partial charge on any atom is 0.241 e. The van der Waals surface area contributed by atoms with E-state index in [1.807, 2.05) is 7.05 Å². The van der Waals surface area contributed by atoms with Gasteiger partial charge in [-0.15, -0.1) is 0 Å². The van der Waals surface area contributed by atoms with Crippen molar-refractivity contribution in [3.05, 3.63) is 23.3 Å². The topological polar surface area (TPSA) is 44.8 Å². The number of hydrogen-bond acceptors (Lipinski definition) is 4. The summed E-state index contributed by atoms with van der Waals surface area (Å²) in [4.78, 5) is 17.7. The normalized spacial score (nSPS) is 34.4. The first-order chi connectivity index (χ1) is 14.0. The maximum atomic E-state index is 12.9. The van der Waals surface area contributed by atoms with Crippen LogP contribution in [0.4, 0.5) is 5.69 Å². The summed E-state index contributed by atoms with van der Waals surface area (Å²) in [5, 5.41) is 3.21. The Kier molecular flexibility index (Phi) is 4.86. The van der Waals surface area contributed by atoms with Crippen LogP contribution in [-0.2, 0) is 16.6 Å². The minimum atomic E-state index is -0.0254. The summed E-state index contributed by atoms with van der Waals surface area (Å²) in [6.07, 6.45) is 9.72. The summed E-state index contributed by atoms with van der Waals surface area (Å²) >= 11 is 0. The molecule has 1 amide bonds. The molecule has 2 saturated heterocycles. The van der Waals surface area contributed by atoms with Gasteiger partial charge >= 0.3 is 0 Å². The fourth-order valence-electron chi connectivity index (χ4n) is 6.96. The predicted molar refractivity (Wildman–Crippen MR) is 116 cm³/mol. The van der Waals surface area contributed by atoms with Crippen LogP contribution in [0.2, 0.25) is 0 Å². The number of nitrogens with one attached hydrogen (secondary N) is 1. The minimum absolute atomic E-state index is 0.0254. The lowest BCUT2D eigenvalue weighted by Crippen LogP contribution is -2.59. The minimum Gasteiger partial charge on any atom is -0.495 e. The third kappa shape index (κ3) is 3.00. The molecule has 1 aromatic carbocycles. The zero-order chi connectivity index (χ0) is 20.2. The van der Waals surface area contributed by atoms with Gasteiger partial charge in [-0.05, 0) is 94.9 Å². The Morgan fingerprint density at radius 3 is 2.72 bits per heavy atom. The van der Waals surface area contributed by atoms with E-state index in [2.05, 4.69) is 34.3 Å². The molecule has 4 aliphatic rings. The number of hydrogen-bond donors (Lipinski definition) is 1. The molecule has 4 atom stereocenters. The number of carbonyl (C=O) groups excluding carboxylic acids is 1. The average molecular weight is 398 g/mol. The molecule has 3 fully saturated rings. The predicted octanol–water partition coefficient (Wildman–Crippen LogP) is 3.42. The molecule has 0 radical (unpaired) electrons. The van der Waals surface area contributed by atoms with Crippen molar-refractivity contribution >= 4 is 11.6 Å². The summed E-state index contributed by atoms with van der Waals surface area (Å²) in [5.41, 5.74) is 4.10. The number of likely N-dealkylation sites (tertiary alicyclic amines) is 2. The summed E-state index contributed by atoms with van der Waals surface area (Å²) in [6, 6.07) is 5.13. The number of piperidine rings is 1. The number of ether oxygens (including phenoxy) is 1. The molecule has 0 spiro atoms. The van der Waals surface area contributed by atoms with Gasteiger partial charge in [-0.1, -0.05) is 12.8 Å². The summed E-state index contributed by atoms with van der Waals surface area (Å²) in [7, 11) is 6.08. The summed E-state index contributed by atoms with van der Waals surface area (Å²) in [6.45, 7) is 2.19. The van der Waals surface area contributed by atoms with Gasteiger partial charge in [0.25, 0.3) is 0 Å². The van der Waals surface area contributed by atoms with E-state index in [4.69, 9.17) is 4.74 Å². The Hall–Kier alpha value is -1.59. The van der Waals surface area contributed by atoms with Crippen molar-refractivity contribution in [1.29, 1.82) is 0 Å². The lowest BCUT2D eigenvalue weighted by molar-refractivity contribution is -0.119. The number of fused-ring (bicyclic) bond motifs is 1. The zero-order valence-corrected chi connectivity index (χ0v) is 18.2. The first kappa shape index (κ1) is 19.4. The third-order valence-electron chi connectivity index (χ3n) is 8.51. The van der Waals surface area contributed by atoms with E-state index in [9.17, 15) is 4.79 Å². The van der Waals surface area contributed by atoms with E-state index in [1.165, 1.54) is 49.8 Å². The molecule has 158 valence electrons. The number of benzene rings is 1. The largest absolute Gasteiger partial charge is 0.495 e. The van der Waals surface area contributed by atoms with Crippen molar-refractivity contribution in [3.8, 4) is 5.75 Å². The third-order valence-corrected chi connectivity index (χ3v) is 8.51. The standard InChI is InChI=1S/C24H35N3O2/c1-26-11-6-8-20(26)23(28)25-19-13-16-14-21-17-7-4-5-9-24(17,10-12-27(21)2)18(16)15-22(19)29-3/h13,15,17,20-21H,4-12,14H2,1-3H3,(H,25,28)/t17?,20?,21-,24+/m0/s1. The van der Waals surface area contributed by atoms with Gasteiger partial charge in [0, 0.05) is 11.5 Å². The molecule has 2 aliphatic heterocycles. The van der Waals surface area contributed by atoms with Crippen LogP contribution < -0.4 is 10.1 Å². The number of methoxy groups -OCH3 is 1. The molecule has 29 heavy (non-hydrogen) atoms. The van der Waals surface area contributed by atoms with E-state index >= 15 is 0 Å². The summed E-state index contributed by atoms with van der Waals surface area (Å²) < 4.78 is 5.80. The molecule has 1 aromatic rings. The number of amides is 1. The molecule has 5 heteroatoms. The van der Waals surface area contributed by atoms with Crippen LogP contribution in [0.25, 0.3) is 0 Å². The fourth-order valence-corrected chi connectivity index (χ4v) is 6.96. The number of carbonyl (C=O) groups is 1. The molecule has 2 unspecified atom stereocenters. The van der Waals surface area contributed by atoms with Gasteiger partial charge in [-0.2, -0.15) is 0 Å². The van der Waals surface area contributed by atoms with Gasteiger partial charge in [0.2, 0.25) is 5.91 Å². The fraction of sp³-hybridized carbons (Fsp3) is 0.708. The lowest BCUT2D eigenvalue weighted by Gasteiger charge is -2.58. The highest BCUT2D eigenvalue weighted by atomic mass is 16.5. The lowest BCUT2D eigenvalue weighted by atomic mass is 9.52. The van der Waals surface area contributed by atoms with Gasteiger partial charge in [0.05, 0.1) is 18.8 Å². The Bertz CT molecular complexity index is 810. The Morgan fingerprint density at radius 1 is 1.10 bits per heavy atom. The number of nitrogens with zero attached hydrogens (tertiary/aromatic N) is 2. The van der Waals surface area contributed by atoms with Crippen LogP contribution in [0.15, 0.2) is 12.1 Å². The highest BCUT2D eigenvalue weighted by Crippen LogP contribution is 2.56. The SMILES string of the molecule is COc1cc2c(cc1NC(=O)C1CCCN1C)C[C@H]1C3CCCC[C@]23CCN1C. The van der Waals surface area contributed by atoms with Gasteiger partial charge < -0.3 is 15.0 Å². The monoisotopic (exact) mass is 397 g/mol. The van der Waals surface area contributed by atoms with Crippen molar-refractivity contribution in [2.45, 2.75) is 68.9 Å². The summed E-state index contributed by atoms with van der Waals surface area (Å²) in [5.74, 6) is 1.69. The van der Waals surface area contributed by atoms with Gasteiger partial charge in [0.15, 0.2) is 0 Å². The maximum absolute atomic E-state index is 12.9. The number of rotatable bonds is 3. The van der Waals surface area contributed by atoms with E-state index < -0.39 is 0 Å². The molecular weight excluding hydrogens is 362 g/mol. The Balaban J connectivity index is 1.52. The highest BCUT2D eigenvalue weighted by Gasteiger charge is 2.53. The molecule has 1 N–H and O–H groups in total. The molecule has 5 nitrogen and oxygen atoms in total. The molecule has 2 bridgehead atoms. The van der Waals surface area contributed by atoms with Crippen LogP contribution in [0.1, 0.15) is 56.1 Å².